The van der Waals surface area contributed by atoms with Crippen LogP contribution in [-0.4, -0.2) is 23.9 Å². The van der Waals surface area contributed by atoms with Crippen LogP contribution >= 0.6 is 0 Å². The van der Waals surface area contributed by atoms with E-state index in [4.69, 9.17) is 4.74 Å². The van der Waals surface area contributed by atoms with Gasteiger partial charge in [0.05, 0.1) is 12.8 Å². The number of anilines is 1. The number of ether oxygens (including phenoxy) is 1. The Morgan fingerprint density at radius 1 is 1.18 bits per heavy atom. The third-order valence-electron chi connectivity index (χ3n) is 3.82. The molecule has 0 spiro atoms. The zero-order valence-electron chi connectivity index (χ0n) is 12.2. The van der Waals surface area contributed by atoms with Crippen LogP contribution in [0.4, 0.5) is 5.69 Å². The fraction of sp³-hybridized carbons (Fsp3) is 0.176. The molecule has 1 heterocycles. The van der Waals surface area contributed by atoms with Crippen LogP contribution in [0, 0.1) is 0 Å². The fourth-order valence-corrected chi connectivity index (χ4v) is 2.82. The number of carbonyl (C=O) groups is 2. The molecule has 1 amide bonds. The van der Waals surface area contributed by atoms with Crippen LogP contribution in [0.25, 0.3) is 0 Å². The molecule has 0 bridgehead atoms. The van der Waals surface area contributed by atoms with Gasteiger partial charge in [-0.2, -0.15) is 0 Å². The van der Waals surface area contributed by atoms with Crippen LogP contribution in [0.3, 0.4) is 0 Å². The number of rotatable bonds is 2. The van der Waals surface area contributed by atoms with Gasteiger partial charge in [0, 0.05) is 18.1 Å². The maximum absolute atomic E-state index is 12.7. The van der Waals surface area contributed by atoms with Gasteiger partial charge in [0.25, 0.3) is 0 Å². The minimum Gasteiger partial charge on any atom is -0.497 e. The minimum absolute atomic E-state index is 0.295. The van der Waals surface area contributed by atoms with Gasteiger partial charge in [0.1, 0.15) is 5.75 Å². The van der Waals surface area contributed by atoms with E-state index in [1.54, 1.807) is 48.5 Å². The quantitative estimate of drug-likeness (QED) is 0.921. The van der Waals surface area contributed by atoms with Gasteiger partial charge in [-0.05, 0) is 24.3 Å². The number of methoxy groups -OCH3 is 1. The molecule has 3 rings (SSSR count). The van der Waals surface area contributed by atoms with Crippen LogP contribution in [-0.2, 0) is 10.5 Å². The molecule has 0 aliphatic carbocycles. The summed E-state index contributed by atoms with van der Waals surface area (Å²) in [5, 5.41) is 11.1. The van der Waals surface area contributed by atoms with Gasteiger partial charge >= 0.3 is 0 Å². The van der Waals surface area contributed by atoms with E-state index in [9.17, 15) is 14.7 Å². The number of carbonyl (C=O) groups excluding carboxylic acids is 2. The average Bonchev–Trinajstić information content (AvgIpc) is 2.77. The second kappa shape index (κ2) is 4.96. The van der Waals surface area contributed by atoms with E-state index in [2.05, 4.69) is 0 Å². The Kier molecular flexibility index (Phi) is 3.22. The zero-order chi connectivity index (χ0) is 15.9. The van der Waals surface area contributed by atoms with Crippen molar-refractivity contribution in [3.63, 3.8) is 0 Å². The normalized spacial score (nSPS) is 20.0. The summed E-state index contributed by atoms with van der Waals surface area (Å²) < 4.78 is 5.14. The Morgan fingerprint density at radius 2 is 1.91 bits per heavy atom. The molecule has 1 atom stereocenters. The van der Waals surface area contributed by atoms with E-state index < -0.39 is 17.4 Å². The second-order valence-electron chi connectivity index (χ2n) is 5.10. The highest BCUT2D eigenvalue weighted by Gasteiger charge is 2.53. The van der Waals surface area contributed by atoms with Crippen molar-refractivity contribution in [3.05, 3.63) is 59.7 Å². The zero-order valence-corrected chi connectivity index (χ0v) is 12.2. The van der Waals surface area contributed by atoms with Crippen LogP contribution < -0.4 is 9.64 Å². The molecule has 2 aromatic rings. The standard InChI is InChI=1S/C17H15NO4/c1-11(19)18-15-9-4-3-8-14(15)16(20)17(18,21)12-6-5-7-13(10-12)22-2/h3-10,21H,1-2H3. The van der Waals surface area contributed by atoms with E-state index in [0.29, 0.717) is 22.6 Å². The molecule has 0 aromatic heterocycles. The molecule has 0 saturated carbocycles. The van der Waals surface area contributed by atoms with Crippen molar-refractivity contribution < 1.29 is 19.4 Å². The summed E-state index contributed by atoms with van der Waals surface area (Å²) in [4.78, 5) is 26.0. The first-order valence-corrected chi connectivity index (χ1v) is 6.81. The summed E-state index contributed by atoms with van der Waals surface area (Å²) in [5.41, 5.74) is -1.03. The third kappa shape index (κ3) is 1.83. The fourth-order valence-electron chi connectivity index (χ4n) is 2.82. The molecule has 1 unspecified atom stereocenters. The van der Waals surface area contributed by atoms with Gasteiger partial charge in [-0.15, -0.1) is 0 Å². The Balaban J connectivity index is 2.24. The summed E-state index contributed by atoms with van der Waals surface area (Å²) >= 11 is 0. The molecular weight excluding hydrogens is 282 g/mol. The smallest absolute Gasteiger partial charge is 0.236 e. The number of nitrogens with zero attached hydrogens (tertiary/aromatic N) is 1. The van der Waals surface area contributed by atoms with Crippen molar-refractivity contribution >= 4 is 17.4 Å². The van der Waals surface area contributed by atoms with Crippen molar-refractivity contribution in [1.29, 1.82) is 0 Å². The minimum atomic E-state index is -2.05. The van der Waals surface area contributed by atoms with E-state index in [1.165, 1.54) is 14.0 Å². The topological polar surface area (TPSA) is 66.8 Å². The maximum atomic E-state index is 12.7. The van der Waals surface area contributed by atoms with Crippen molar-refractivity contribution in [2.45, 2.75) is 12.6 Å². The first-order valence-electron chi connectivity index (χ1n) is 6.81. The molecular formula is C17H15NO4. The van der Waals surface area contributed by atoms with E-state index in [1.807, 2.05) is 0 Å². The molecule has 2 aromatic carbocycles. The number of benzene rings is 2. The Morgan fingerprint density at radius 3 is 2.59 bits per heavy atom. The van der Waals surface area contributed by atoms with Gasteiger partial charge in [0.15, 0.2) is 0 Å². The van der Waals surface area contributed by atoms with Gasteiger partial charge in [-0.1, -0.05) is 24.3 Å². The van der Waals surface area contributed by atoms with Crippen molar-refractivity contribution in [1.82, 2.24) is 0 Å². The maximum Gasteiger partial charge on any atom is 0.236 e. The number of hydrogen-bond acceptors (Lipinski definition) is 4. The SMILES string of the molecule is COc1cccc(C2(O)C(=O)c3ccccc3N2C(C)=O)c1. The van der Waals surface area contributed by atoms with E-state index in [0.717, 1.165) is 4.90 Å². The summed E-state index contributed by atoms with van der Waals surface area (Å²) in [6.07, 6.45) is 0. The molecule has 0 radical (unpaired) electrons. The summed E-state index contributed by atoms with van der Waals surface area (Å²) in [7, 11) is 1.50. The molecule has 1 N–H and O–H groups in total. The summed E-state index contributed by atoms with van der Waals surface area (Å²) in [6, 6.07) is 13.2. The van der Waals surface area contributed by atoms with Crippen LogP contribution in [0.2, 0.25) is 0 Å². The number of amides is 1. The van der Waals surface area contributed by atoms with Crippen LogP contribution in [0.5, 0.6) is 5.75 Å². The Labute approximate surface area is 127 Å². The van der Waals surface area contributed by atoms with Crippen molar-refractivity contribution in [2.24, 2.45) is 0 Å². The second-order valence-corrected chi connectivity index (χ2v) is 5.10. The molecule has 1 aliphatic rings. The monoisotopic (exact) mass is 297 g/mol. The number of Topliss-reactive ketones (excluding diaryl/α,β-unsaturated/α-hetero) is 1. The predicted octanol–water partition coefficient (Wildman–Crippen LogP) is 2.09. The Hall–Kier alpha value is -2.66. The predicted molar refractivity (Wildman–Crippen MR) is 80.8 cm³/mol. The van der Waals surface area contributed by atoms with Crippen LogP contribution in [0.15, 0.2) is 48.5 Å². The van der Waals surface area contributed by atoms with Gasteiger partial charge in [-0.25, -0.2) is 0 Å². The number of hydrogen-bond donors (Lipinski definition) is 1. The lowest BCUT2D eigenvalue weighted by molar-refractivity contribution is -0.120. The molecule has 22 heavy (non-hydrogen) atoms. The Bertz CT molecular complexity index is 771. The highest BCUT2D eigenvalue weighted by molar-refractivity contribution is 6.19. The van der Waals surface area contributed by atoms with Gasteiger partial charge < -0.3 is 9.84 Å². The lowest BCUT2D eigenvalue weighted by atomic mass is 9.96. The van der Waals surface area contributed by atoms with Gasteiger partial charge in [0.2, 0.25) is 17.4 Å². The molecule has 112 valence electrons. The van der Waals surface area contributed by atoms with E-state index >= 15 is 0 Å². The number of fused-ring (bicyclic) bond motifs is 1. The number of ketones is 1. The molecule has 0 saturated heterocycles. The summed E-state index contributed by atoms with van der Waals surface area (Å²) in [5.74, 6) is -0.437. The first kappa shape index (κ1) is 14.3. The average molecular weight is 297 g/mol. The molecule has 1 aliphatic heterocycles. The highest BCUT2D eigenvalue weighted by atomic mass is 16.5. The number of para-hydroxylation sites is 1. The summed E-state index contributed by atoms with van der Waals surface area (Å²) in [6.45, 7) is 1.32. The van der Waals surface area contributed by atoms with Crippen LogP contribution in [0.1, 0.15) is 22.8 Å². The lowest BCUT2D eigenvalue weighted by Gasteiger charge is -2.32. The first-order chi connectivity index (χ1) is 10.5. The highest BCUT2D eigenvalue weighted by Crippen LogP contribution is 2.43. The van der Waals surface area contributed by atoms with Crippen molar-refractivity contribution in [3.8, 4) is 5.75 Å². The lowest BCUT2D eigenvalue weighted by Crippen LogP contribution is -2.50. The third-order valence-corrected chi connectivity index (χ3v) is 3.82. The molecule has 5 nitrogen and oxygen atoms in total. The molecule has 5 heteroatoms. The molecule has 0 fully saturated rings. The van der Waals surface area contributed by atoms with Gasteiger partial charge in [-0.3, -0.25) is 14.5 Å². The van der Waals surface area contributed by atoms with E-state index in [-0.39, 0.29) is 0 Å². The number of aliphatic hydroxyl groups is 1. The largest absolute Gasteiger partial charge is 0.497 e. The van der Waals surface area contributed by atoms with Crippen molar-refractivity contribution in [2.75, 3.05) is 12.0 Å².